The topological polar surface area (TPSA) is 0 Å². The van der Waals surface area contributed by atoms with Crippen LogP contribution in [0.4, 0.5) is 0 Å². The lowest BCUT2D eigenvalue weighted by atomic mass is 10.0. The van der Waals surface area contributed by atoms with Crippen LogP contribution in [0.15, 0.2) is 58.6 Å². The Kier molecular flexibility index (Phi) is 3.22. The quantitative estimate of drug-likeness (QED) is 0.685. The van der Waals surface area contributed by atoms with Crippen molar-refractivity contribution in [1.29, 1.82) is 0 Å². The van der Waals surface area contributed by atoms with E-state index in [1.54, 1.807) is 0 Å². The molecule has 1 aromatic rings. The van der Waals surface area contributed by atoms with Crippen LogP contribution in [0, 0.1) is 0 Å². The zero-order valence-electron chi connectivity index (χ0n) is 8.70. The summed E-state index contributed by atoms with van der Waals surface area (Å²) in [4.78, 5) is 0. The Morgan fingerprint density at radius 2 is 1.80 bits per heavy atom. The lowest BCUT2D eigenvalue weighted by Crippen LogP contribution is -1.81. The van der Waals surface area contributed by atoms with Gasteiger partial charge in [-0.25, -0.2) is 0 Å². The average Bonchev–Trinajstić information content (AvgIpc) is 2.44. The molecular formula is C14H13Br. The van der Waals surface area contributed by atoms with Crippen LogP contribution in [0.25, 0.3) is 5.57 Å². The summed E-state index contributed by atoms with van der Waals surface area (Å²) in [6.45, 7) is 2.12. The van der Waals surface area contributed by atoms with Crippen molar-refractivity contribution < 1.29 is 0 Å². The van der Waals surface area contributed by atoms with E-state index in [2.05, 4.69) is 71.4 Å². The maximum Gasteiger partial charge on any atom is 0.0175 e. The molecule has 1 aliphatic carbocycles. The second-order valence-electron chi connectivity index (χ2n) is 3.72. The van der Waals surface area contributed by atoms with E-state index in [1.807, 2.05) is 0 Å². The minimum absolute atomic E-state index is 1.01. The first kappa shape index (κ1) is 10.4. The number of hydrogen-bond acceptors (Lipinski definition) is 0. The van der Waals surface area contributed by atoms with Gasteiger partial charge in [0.15, 0.2) is 0 Å². The molecule has 0 aliphatic heterocycles. The number of allylic oxidation sites excluding steroid dienone is 6. The monoisotopic (exact) mass is 260 g/mol. The van der Waals surface area contributed by atoms with Gasteiger partial charge in [-0.2, -0.15) is 0 Å². The standard InChI is InChI=1S/C14H13Br/c1-11-3-2-4-12(6-5-11)13-7-9-14(15)10-8-13/h2-3,5-10H,4H2,1H3. The van der Waals surface area contributed by atoms with Gasteiger partial charge in [0.1, 0.15) is 0 Å². The van der Waals surface area contributed by atoms with Gasteiger partial charge in [-0.15, -0.1) is 0 Å². The Hall–Kier alpha value is -1.08. The molecule has 0 atom stereocenters. The SMILES string of the molecule is CC1=CC=C(c2ccc(Br)cc2)CC=C1. The van der Waals surface area contributed by atoms with E-state index in [9.17, 15) is 0 Å². The Balaban J connectivity index is 2.32. The van der Waals surface area contributed by atoms with Gasteiger partial charge >= 0.3 is 0 Å². The zero-order valence-corrected chi connectivity index (χ0v) is 10.3. The van der Waals surface area contributed by atoms with E-state index < -0.39 is 0 Å². The van der Waals surface area contributed by atoms with E-state index in [0.29, 0.717) is 0 Å². The van der Waals surface area contributed by atoms with Crippen LogP contribution in [-0.2, 0) is 0 Å². The Bertz CT molecular complexity index is 433. The van der Waals surface area contributed by atoms with Crippen molar-refractivity contribution in [1.82, 2.24) is 0 Å². The number of halogens is 1. The van der Waals surface area contributed by atoms with Gasteiger partial charge in [0.25, 0.3) is 0 Å². The van der Waals surface area contributed by atoms with Crippen molar-refractivity contribution in [3.05, 3.63) is 64.2 Å². The predicted octanol–water partition coefficient (Wildman–Crippen LogP) is 4.74. The van der Waals surface area contributed by atoms with Gasteiger partial charge in [0.2, 0.25) is 0 Å². The smallest absolute Gasteiger partial charge is 0.0175 e. The normalized spacial score (nSPS) is 15.6. The largest absolute Gasteiger partial charge is 0.0798 e. The highest BCUT2D eigenvalue weighted by Crippen LogP contribution is 2.23. The molecule has 0 heterocycles. The summed E-state index contributed by atoms with van der Waals surface area (Å²) in [6.07, 6.45) is 9.77. The molecule has 0 nitrogen and oxygen atoms in total. The summed E-state index contributed by atoms with van der Waals surface area (Å²) in [5.41, 5.74) is 3.98. The van der Waals surface area contributed by atoms with Crippen LogP contribution < -0.4 is 0 Å². The molecule has 1 aromatic carbocycles. The molecule has 0 unspecified atom stereocenters. The summed E-state index contributed by atoms with van der Waals surface area (Å²) >= 11 is 3.45. The lowest BCUT2D eigenvalue weighted by Gasteiger charge is -2.03. The van der Waals surface area contributed by atoms with Crippen molar-refractivity contribution in [2.24, 2.45) is 0 Å². The van der Waals surface area contributed by atoms with Crippen LogP contribution in [0.2, 0.25) is 0 Å². The first-order valence-corrected chi connectivity index (χ1v) is 5.85. The minimum atomic E-state index is 1.01. The van der Waals surface area contributed by atoms with Crippen molar-refractivity contribution in [2.75, 3.05) is 0 Å². The van der Waals surface area contributed by atoms with Crippen LogP contribution >= 0.6 is 15.9 Å². The molecule has 0 radical (unpaired) electrons. The summed E-state index contributed by atoms with van der Waals surface area (Å²) in [7, 11) is 0. The molecule has 0 saturated heterocycles. The zero-order chi connectivity index (χ0) is 10.7. The number of rotatable bonds is 1. The third-order valence-corrected chi connectivity index (χ3v) is 3.01. The fourth-order valence-electron chi connectivity index (χ4n) is 1.61. The minimum Gasteiger partial charge on any atom is -0.0798 e. The predicted molar refractivity (Wildman–Crippen MR) is 69.6 cm³/mol. The molecule has 0 amide bonds. The Labute approximate surface area is 99.1 Å². The van der Waals surface area contributed by atoms with Crippen LogP contribution in [0.5, 0.6) is 0 Å². The van der Waals surface area contributed by atoms with E-state index in [4.69, 9.17) is 0 Å². The highest BCUT2D eigenvalue weighted by Gasteiger charge is 2.00. The summed E-state index contributed by atoms with van der Waals surface area (Å²) in [5.74, 6) is 0. The van der Waals surface area contributed by atoms with Gasteiger partial charge in [0, 0.05) is 4.47 Å². The maximum atomic E-state index is 3.45. The second-order valence-corrected chi connectivity index (χ2v) is 4.63. The first-order chi connectivity index (χ1) is 7.25. The van der Waals surface area contributed by atoms with Crippen LogP contribution in [-0.4, -0.2) is 0 Å². The summed E-state index contributed by atoms with van der Waals surface area (Å²) in [6, 6.07) is 8.47. The van der Waals surface area contributed by atoms with E-state index in [-0.39, 0.29) is 0 Å². The van der Waals surface area contributed by atoms with Gasteiger partial charge in [-0.05, 0) is 36.6 Å². The van der Waals surface area contributed by atoms with Crippen LogP contribution in [0.3, 0.4) is 0 Å². The molecular weight excluding hydrogens is 248 g/mol. The molecule has 15 heavy (non-hydrogen) atoms. The Morgan fingerprint density at radius 1 is 1.07 bits per heavy atom. The van der Waals surface area contributed by atoms with E-state index in [1.165, 1.54) is 16.7 Å². The number of hydrogen-bond donors (Lipinski definition) is 0. The molecule has 0 bridgehead atoms. The van der Waals surface area contributed by atoms with Crippen LogP contribution in [0.1, 0.15) is 18.9 Å². The average molecular weight is 261 g/mol. The summed E-state index contributed by atoms with van der Waals surface area (Å²) < 4.78 is 1.13. The van der Waals surface area contributed by atoms with Gasteiger partial charge in [-0.3, -0.25) is 0 Å². The molecule has 0 fully saturated rings. The molecule has 0 aromatic heterocycles. The highest BCUT2D eigenvalue weighted by molar-refractivity contribution is 9.10. The van der Waals surface area contributed by atoms with Gasteiger partial charge in [-0.1, -0.05) is 57.9 Å². The third-order valence-electron chi connectivity index (χ3n) is 2.48. The summed E-state index contributed by atoms with van der Waals surface area (Å²) in [5, 5.41) is 0. The van der Waals surface area contributed by atoms with Crippen molar-refractivity contribution in [3.63, 3.8) is 0 Å². The van der Waals surface area contributed by atoms with Gasteiger partial charge < -0.3 is 0 Å². The van der Waals surface area contributed by atoms with Crippen molar-refractivity contribution >= 4 is 21.5 Å². The maximum absolute atomic E-state index is 3.45. The van der Waals surface area contributed by atoms with E-state index >= 15 is 0 Å². The second kappa shape index (κ2) is 4.63. The highest BCUT2D eigenvalue weighted by atomic mass is 79.9. The fraction of sp³-hybridized carbons (Fsp3) is 0.143. The molecule has 1 heteroatoms. The molecule has 0 N–H and O–H groups in total. The molecule has 2 rings (SSSR count). The number of benzene rings is 1. The third kappa shape index (κ3) is 2.69. The fourth-order valence-corrected chi connectivity index (χ4v) is 1.87. The Morgan fingerprint density at radius 3 is 2.53 bits per heavy atom. The molecule has 0 spiro atoms. The molecule has 76 valence electrons. The molecule has 1 aliphatic rings. The van der Waals surface area contributed by atoms with Crippen molar-refractivity contribution in [2.45, 2.75) is 13.3 Å². The lowest BCUT2D eigenvalue weighted by molar-refractivity contribution is 1.39. The van der Waals surface area contributed by atoms with Crippen molar-refractivity contribution in [3.8, 4) is 0 Å². The molecule has 0 saturated carbocycles. The van der Waals surface area contributed by atoms with E-state index in [0.717, 1.165) is 10.9 Å². The first-order valence-electron chi connectivity index (χ1n) is 5.05. The van der Waals surface area contributed by atoms with Gasteiger partial charge in [0.05, 0.1) is 0 Å².